The standard InChI is InChI=1S/C23H29N3O3S/c1-16-5-7-22(17(2)13-16)24-9-11-25(12-10-24)30(28,29)21-6-8-23-20(15-21)14-18(3)26(23)19(4)27/h5-8,13,15,18H,9-12,14H2,1-4H3/t18-/m0/s1. The van der Waals surface area contributed by atoms with Crippen molar-refractivity contribution in [3.63, 3.8) is 0 Å². The van der Waals surface area contributed by atoms with Gasteiger partial charge in [0.05, 0.1) is 4.90 Å². The predicted molar refractivity (Wildman–Crippen MR) is 120 cm³/mol. The Morgan fingerprint density at radius 1 is 0.967 bits per heavy atom. The number of carbonyl (C=O) groups excluding carboxylic acids is 1. The average Bonchev–Trinajstić information content (AvgIpc) is 3.03. The second kappa shape index (κ2) is 7.71. The van der Waals surface area contributed by atoms with Crippen molar-refractivity contribution in [3.05, 3.63) is 53.1 Å². The lowest BCUT2D eigenvalue weighted by molar-refractivity contribution is -0.116. The molecule has 0 N–H and O–H groups in total. The molecular weight excluding hydrogens is 398 g/mol. The van der Waals surface area contributed by atoms with Crippen molar-refractivity contribution in [2.45, 2.75) is 45.1 Å². The summed E-state index contributed by atoms with van der Waals surface area (Å²) < 4.78 is 28.1. The summed E-state index contributed by atoms with van der Waals surface area (Å²) in [5.74, 6) is -0.0145. The summed E-state index contributed by atoms with van der Waals surface area (Å²) in [4.78, 5) is 16.3. The molecule has 2 aliphatic rings. The minimum absolute atomic E-state index is 0.0145. The number of nitrogens with zero attached hydrogens (tertiary/aromatic N) is 3. The van der Waals surface area contributed by atoms with Crippen molar-refractivity contribution in [2.24, 2.45) is 0 Å². The van der Waals surface area contributed by atoms with Gasteiger partial charge in [-0.25, -0.2) is 8.42 Å². The molecule has 1 fully saturated rings. The maximum absolute atomic E-state index is 13.3. The van der Waals surface area contributed by atoms with Crippen LogP contribution in [-0.4, -0.2) is 50.9 Å². The minimum atomic E-state index is -3.56. The van der Waals surface area contributed by atoms with Gasteiger partial charge in [-0.15, -0.1) is 0 Å². The van der Waals surface area contributed by atoms with E-state index >= 15 is 0 Å². The molecule has 6 nitrogen and oxygen atoms in total. The molecule has 2 aromatic rings. The molecule has 2 heterocycles. The van der Waals surface area contributed by atoms with Crippen LogP contribution in [0.2, 0.25) is 0 Å². The van der Waals surface area contributed by atoms with Crippen LogP contribution in [0, 0.1) is 13.8 Å². The van der Waals surface area contributed by atoms with E-state index in [1.807, 2.05) is 6.92 Å². The number of amides is 1. The van der Waals surface area contributed by atoms with Gasteiger partial charge in [-0.2, -0.15) is 4.31 Å². The molecule has 0 aliphatic carbocycles. The van der Waals surface area contributed by atoms with Gasteiger partial charge in [0.2, 0.25) is 15.9 Å². The van der Waals surface area contributed by atoms with Gasteiger partial charge < -0.3 is 9.80 Å². The molecule has 1 amide bonds. The van der Waals surface area contributed by atoms with Gasteiger partial charge in [0.15, 0.2) is 0 Å². The zero-order chi connectivity index (χ0) is 21.6. The van der Waals surface area contributed by atoms with Crippen LogP contribution < -0.4 is 9.80 Å². The smallest absolute Gasteiger partial charge is 0.243 e. The summed E-state index contributed by atoms with van der Waals surface area (Å²) in [6.07, 6.45) is 0.679. The predicted octanol–water partition coefficient (Wildman–Crippen LogP) is 3.11. The molecule has 0 bridgehead atoms. The molecule has 2 aliphatic heterocycles. The minimum Gasteiger partial charge on any atom is -0.369 e. The number of benzene rings is 2. The summed E-state index contributed by atoms with van der Waals surface area (Å²) >= 11 is 0. The summed E-state index contributed by atoms with van der Waals surface area (Å²) in [6.45, 7) is 9.97. The number of piperazine rings is 1. The highest BCUT2D eigenvalue weighted by Gasteiger charge is 2.33. The number of anilines is 2. The quantitative estimate of drug-likeness (QED) is 0.755. The first-order chi connectivity index (χ1) is 14.2. The Labute approximate surface area is 179 Å². The molecule has 4 rings (SSSR count). The van der Waals surface area contributed by atoms with E-state index in [0.29, 0.717) is 37.5 Å². The molecule has 1 atom stereocenters. The molecule has 0 spiro atoms. The molecule has 30 heavy (non-hydrogen) atoms. The molecule has 0 aromatic heterocycles. The third-order valence-corrected chi connectivity index (χ3v) is 8.07. The fourth-order valence-corrected chi connectivity index (χ4v) is 6.20. The van der Waals surface area contributed by atoms with E-state index in [9.17, 15) is 13.2 Å². The fourth-order valence-electron chi connectivity index (χ4n) is 4.73. The van der Waals surface area contributed by atoms with Crippen LogP contribution in [0.5, 0.6) is 0 Å². The maximum Gasteiger partial charge on any atom is 0.243 e. The van der Waals surface area contributed by atoms with Gasteiger partial charge in [-0.3, -0.25) is 4.79 Å². The number of rotatable bonds is 3. The third kappa shape index (κ3) is 3.61. The van der Waals surface area contributed by atoms with Crippen molar-refractivity contribution in [3.8, 4) is 0 Å². The SMILES string of the molecule is CC(=O)N1c2ccc(S(=O)(=O)N3CCN(c4ccc(C)cc4C)CC3)cc2C[C@@H]1C. The van der Waals surface area contributed by atoms with Crippen molar-refractivity contribution in [1.29, 1.82) is 0 Å². The highest BCUT2D eigenvalue weighted by molar-refractivity contribution is 7.89. The summed E-state index contributed by atoms with van der Waals surface area (Å²) in [5, 5.41) is 0. The monoisotopic (exact) mass is 427 g/mol. The lowest BCUT2D eigenvalue weighted by atomic mass is 10.1. The Bertz CT molecular complexity index is 1090. The first-order valence-electron chi connectivity index (χ1n) is 10.4. The van der Waals surface area contributed by atoms with Gasteiger partial charge in [0.1, 0.15) is 0 Å². The molecule has 2 aromatic carbocycles. The van der Waals surface area contributed by atoms with Crippen LogP contribution >= 0.6 is 0 Å². The van der Waals surface area contributed by atoms with E-state index in [0.717, 1.165) is 11.3 Å². The van der Waals surface area contributed by atoms with Crippen molar-refractivity contribution in [2.75, 3.05) is 36.0 Å². The summed E-state index contributed by atoms with van der Waals surface area (Å²) in [5.41, 5.74) is 5.37. The van der Waals surface area contributed by atoms with Gasteiger partial charge in [0.25, 0.3) is 0 Å². The number of hydrogen-bond donors (Lipinski definition) is 0. The van der Waals surface area contributed by atoms with Crippen LogP contribution in [0.1, 0.15) is 30.5 Å². The van der Waals surface area contributed by atoms with E-state index in [1.165, 1.54) is 16.8 Å². The van der Waals surface area contributed by atoms with Gasteiger partial charge in [-0.05, 0) is 62.6 Å². The van der Waals surface area contributed by atoms with Crippen LogP contribution in [0.25, 0.3) is 0 Å². The summed E-state index contributed by atoms with van der Waals surface area (Å²) in [7, 11) is -3.56. The van der Waals surface area contributed by atoms with Crippen molar-refractivity contribution < 1.29 is 13.2 Å². The normalized spacial score (nSPS) is 19.8. The number of fused-ring (bicyclic) bond motifs is 1. The van der Waals surface area contributed by atoms with Gasteiger partial charge in [-0.1, -0.05) is 17.7 Å². The van der Waals surface area contributed by atoms with Gasteiger partial charge >= 0.3 is 0 Å². The first kappa shape index (κ1) is 20.9. The molecule has 0 radical (unpaired) electrons. The Morgan fingerprint density at radius 2 is 1.63 bits per heavy atom. The van der Waals surface area contributed by atoms with Gasteiger partial charge in [0, 0.05) is 50.5 Å². The zero-order valence-corrected chi connectivity index (χ0v) is 18.9. The molecular formula is C23H29N3O3S. The highest BCUT2D eigenvalue weighted by Crippen LogP contribution is 2.34. The van der Waals surface area contributed by atoms with Crippen LogP contribution in [0.4, 0.5) is 11.4 Å². The number of hydrogen-bond acceptors (Lipinski definition) is 4. The lowest BCUT2D eigenvalue weighted by Crippen LogP contribution is -2.48. The van der Waals surface area contributed by atoms with E-state index in [4.69, 9.17) is 0 Å². The Balaban J connectivity index is 1.52. The Kier molecular flexibility index (Phi) is 5.36. The maximum atomic E-state index is 13.3. The second-order valence-corrected chi connectivity index (χ2v) is 10.4. The largest absolute Gasteiger partial charge is 0.369 e. The van der Waals surface area contributed by atoms with Crippen LogP contribution in [-0.2, 0) is 21.2 Å². The van der Waals surface area contributed by atoms with Crippen molar-refractivity contribution in [1.82, 2.24) is 4.31 Å². The van der Waals surface area contributed by atoms with E-state index in [2.05, 4.69) is 36.9 Å². The molecule has 160 valence electrons. The third-order valence-electron chi connectivity index (χ3n) is 6.18. The molecule has 1 saturated heterocycles. The topological polar surface area (TPSA) is 60.9 Å². The van der Waals surface area contributed by atoms with E-state index < -0.39 is 10.0 Å². The number of aryl methyl sites for hydroxylation is 2. The average molecular weight is 428 g/mol. The number of sulfonamides is 1. The first-order valence-corrected chi connectivity index (χ1v) is 11.9. The van der Waals surface area contributed by atoms with Crippen molar-refractivity contribution >= 4 is 27.3 Å². The lowest BCUT2D eigenvalue weighted by Gasteiger charge is -2.36. The van der Waals surface area contributed by atoms with E-state index in [1.54, 1.807) is 34.3 Å². The van der Waals surface area contributed by atoms with E-state index in [-0.39, 0.29) is 11.9 Å². The Morgan fingerprint density at radius 3 is 2.27 bits per heavy atom. The molecule has 7 heteroatoms. The molecule has 0 unspecified atom stereocenters. The second-order valence-electron chi connectivity index (χ2n) is 8.41. The number of carbonyl (C=O) groups is 1. The summed E-state index contributed by atoms with van der Waals surface area (Å²) in [6, 6.07) is 11.6. The Hall–Kier alpha value is -2.38. The molecule has 0 saturated carbocycles. The van der Waals surface area contributed by atoms with Crippen LogP contribution in [0.3, 0.4) is 0 Å². The highest BCUT2D eigenvalue weighted by atomic mass is 32.2. The zero-order valence-electron chi connectivity index (χ0n) is 18.1. The fraction of sp³-hybridized carbons (Fsp3) is 0.435. The van der Waals surface area contributed by atoms with Crippen LogP contribution in [0.15, 0.2) is 41.3 Å².